The third-order valence-electron chi connectivity index (χ3n) is 2.31. The first-order valence-corrected chi connectivity index (χ1v) is 5.12. The minimum Gasteiger partial charge on any atom is -0.456 e. The Morgan fingerprint density at radius 2 is 2.00 bits per heavy atom. The van der Waals surface area contributed by atoms with Gasteiger partial charge in [0.2, 0.25) is 0 Å². The number of H-pyrrole nitrogens is 1. The summed E-state index contributed by atoms with van der Waals surface area (Å²) in [7, 11) is 0. The average Bonchev–Trinajstić information content (AvgIpc) is 2.81. The standard InChI is InChI=1S/C13H13NO2/c1-10-4-6-11(7-5-10)9-16-13(15)12-3-2-8-14-12/h2-8,14H,9H2,1H3. The van der Waals surface area contributed by atoms with Crippen molar-refractivity contribution in [3.8, 4) is 0 Å². The monoisotopic (exact) mass is 215 g/mol. The number of aromatic amines is 1. The van der Waals surface area contributed by atoms with Crippen LogP contribution in [0.5, 0.6) is 0 Å². The van der Waals surface area contributed by atoms with E-state index in [0.717, 1.165) is 5.56 Å². The van der Waals surface area contributed by atoms with Crippen LogP contribution in [0.3, 0.4) is 0 Å². The van der Waals surface area contributed by atoms with Gasteiger partial charge in [0, 0.05) is 6.20 Å². The molecule has 2 aromatic rings. The van der Waals surface area contributed by atoms with E-state index >= 15 is 0 Å². The van der Waals surface area contributed by atoms with Gasteiger partial charge in [-0.05, 0) is 24.6 Å². The van der Waals surface area contributed by atoms with Crippen LogP contribution in [0.1, 0.15) is 21.6 Å². The lowest BCUT2D eigenvalue weighted by atomic mass is 10.2. The molecule has 1 heterocycles. The Morgan fingerprint density at radius 1 is 1.25 bits per heavy atom. The molecule has 0 fully saturated rings. The van der Waals surface area contributed by atoms with E-state index in [0.29, 0.717) is 12.3 Å². The molecule has 3 nitrogen and oxygen atoms in total. The van der Waals surface area contributed by atoms with Crippen molar-refractivity contribution in [3.05, 3.63) is 59.4 Å². The van der Waals surface area contributed by atoms with Crippen molar-refractivity contribution >= 4 is 5.97 Å². The lowest BCUT2D eigenvalue weighted by Crippen LogP contribution is -2.05. The zero-order valence-corrected chi connectivity index (χ0v) is 9.07. The average molecular weight is 215 g/mol. The van der Waals surface area contributed by atoms with Crippen molar-refractivity contribution in [3.63, 3.8) is 0 Å². The second-order valence-corrected chi connectivity index (χ2v) is 3.65. The van der Waals surface area contributed by atoms with Crippen LogP contribution >= 0.6 is 0 Å². The van der Waals surface area contributed by atoms with Crippen LogP contribution in [-0.2, 0) is 11.3 Å². The molecule has 0 saturated carbocycles. The Balaban J connectivity index is 1.93. The molecular formula is C13H13NO2. The minimum atomic E-state index is -0.328. The van der Waals surface area contributed by atoms with Crippen LogP contribution in [0.15, 0.2) is 42.6 Å². The molecule has 0 spiro atoms. The second-order valence-electron chi connectivity index (χ2n) is 3.65. The third kappa shape index (κ3) is 2.51. The summed E-state index contributed by atoms with van der Waals surface area (Å²) in [5, 5.41) is 0. The maximum Gasteiger partial charge on any atom is 0.355 e. The lowest BCUT2D eigenvalue weighted by molar-refractivity contribution is 0.0466. The van der Waals surface area contributed by atoms with Gasteiger partial charge in [-0.2, -0.15) is 0 Å². The number of esters is 1. The van der Waals surface area contributed by atoms with E-state index in [-0.39, 0.29) is 5.97 Å². The largest absolute Gasteiger partial charge is 0.456 e. The van der Waals surface area contributed by atoms with E-state index in [1.165, 1.54) is 5.56 Å². The van der Waals surface area contributed by atoms with Crippen molar-refractivity contribution in [1.29, 1.82) is 0 Å². The molecule has 0 radical (unpaired) electrons. The molecule has 0 aliphatic rings. The van der Waals surface area contributed by atoms with Gasteiger partial charge in [0.1, 0.15) is 12.3 Å². The van der Waals surface area contributed by atoms with Crippen LogP contribution < -0.4 is 0 Å². The smallest absolute Gasteiger partial charge is 0.355 e. The molecule has 1 N–H and O–H groups in total. The molecule has 0 saturated heterocycles. The van der Waals surface area contributed by atoms with Crippen molar-refractivity contribution in [2.75, 3.05) is 0 Å². The van der Waals surface area contributed by atoms with Crippen molar-refractivity contribution in [1.82, 2.24) is 4.98 Å². The predicted octanol–water partition coefficient (Wildman–Crippen LogP) is 2.68. The number of aryl methyl sites for hydroxylation is 1. The molecular weight excluding hydrogens is 202 g/mol. The number of rotatable bonds is 3. The van der Waals surface area contributed by atoms with Crippen molar-refractivity contribution in [2.24, 2.45) is 0 Å². The molecule has 3 heteroatoms. The maximum atomic E-state index is 11.5. The molecule has 0 aliphatic carbocycles. The quantitative estimate of drug-likeness (QED) is 0.800. The maximum absolute atomic E-state index is 11.5. The predicted molar refractivity (Wildman–Crippen MR) is 61.1 cm³/mol. The molecule has 0 amide bonds. The summed E-state index contributed by atoms with van der Waals surface area (Å²) in [6.45, 7) is 2.33. The van der Waals surface area contributed by atoms with Crippen molar-refractivity contribution < 1.29 is 9.53 Å². The van der Waals surface area contributed by atoms with E-state index in [1.54, 1.807) is 18.3 Å². The fraction of sp³-hybridized carbons (Fsp3) is 0.154. The lowest BCUT2D eigenvalue weighted by Gasteiger charge is -2.03. The summed E-state index contributed by atoms with van der Waals surface area (Å²) in [4.78, 5) is 14.3. The van der Waals surface area contributed by atoms with E-state index in [2.05, 4.69) is 4.98 Å². The Morgan fingerprint density at radius 3 is 2.62 bits per heavy atom. The van der Waals surface area contributed by atoms with Crippen molar-refractivity contribution in [2.45, 2.75) is 13.5 Å². The van der Waals surface area contributed by atoms with E-state index in [4.69, 9.17) is 4.74 Å². The normalized spacial score (nSPS) is 10.1. The second kappa shape index (κ2) is 4.66. The highest BCUT2D eigenvalue weighted by atomic mass is 16.5. The Hall–Kier alpha value is -2.03. The van der Waals surface area contributed by atoms with Crippen LogP contribution in [0.25, 0.3) is 0 Å². The van der Waals surface area contributed by atoms with Crippen LogP contribution in [0, 0.1) is 6.92 Å². The SMILES string of the molecule is Cc1ccc(COC(=O)c2ccc[nH]2)cc1. The zero-order valence-electron chi connectivity index (χ0n) is 9.07. The van der Waals surface area contributed by atoms with Crippen LogP contribution in [0.4, 0.5) is 0 Å². The van der Waals surface area contributed by atoms with Gasteiger partial charge in [-0.3, -0.25) is 0 Å². The minimum absolute atomic E-state index is 0.304. The Bertz CT molecular complexity index is 457. The van der Waals surface area contributed by atoms with E-state index in [9.17, 15) is 4.79 Å². The van der Waals surface area contributed by atoms with Gasteiger partial charge in [-0.15, -0.1) is 0 Å². The third-order valence-corrected chi connectivity index (χ3v) is 2.31. The number of ether oxygens (including phenoxy) is 1. The first-order chi connectivity index (χ1) is 7.75. The number of hydrogen-bond acceptors (Lipinski definition) is 2. The first kappa shape index (κ1) is 10.5. The van der Waals surface area contributed by atoms with Gasteiger partial charge >= 0.3 is 5.97 Å². The topological polar surface area (TPSA) is 42.1 Å². The van der Waals surface area contributed by atoms with Crippen LogP contribution in [-0.4, -0.2) is 11.0 Å². The molecule has 2 rings (SSSR count). The number of benzene rings is 1. The number of nitrogens with one attached hydrogen (secondary N) is 1. The number of hydrogen-bond donors (Lipinski definition) is 1. The molecule has 0 aliphatic heterocycles. The number of carbonyl (C=O) groups is 1. The summed E-state index contributed by atoms with van der Waals surface area (Å²) in [5.41, 5.74) is 2.66. The zero-order chi connectivity index (χ0) is 11.4. The molecule has 1 aromatic heterocycles. The fourth-order valence-electron chi connectivity index (χ4n) is 1.37. The van der Waals surface area contributed by atoms with Gasteiger partial charge in [0.05, 0.1) is 0 Å². The molecule has 0 bridgehead atoms. The van der Waals surface area contributed by atoms with E-state index < -0.39 is 0 Å². The summed E-state index contributed by atoms with van der Waals surface area (Å²) >= 11 is 0. The highest BCUT2D eigenvalue weighted by Gasteiger charge is 2.06. The molecule has 82 valence electrons. The summed E-state index contributed by atoms with van der Waals surface area (Å²) in [5.74, 6) is -0.328. The number of aromatic nitrogens is 1. The van der Waals surface area contributed by atoms with Gasteiger partial charge in [-0.25, -0.2) is 4.79 Å². The van der Waals surface area contributed by atoms with Crippen LogP contribution in [0.2, 0.25) is 0 Å². The molecule has 16 heavy (non-hydrogen) atoms. The highest BCUT2D eigenvalue weighted by molar-refractivity contribution is 5.87. The summed E-state index contributed by atoms with van der Waals surface area (Å²) < 4.78 is 5.14. The van der Waals surface area contributed by atoms with E-state index in [1.807, 2.05) is 31.2 Å². The summed E-state index contributed by atoms with van der Waals surface area (Å²) in [6.07, 6.45) is 1.70. The Labute approximate surface area is 94.1 Å². The highest BCUT2D eigenvalue weighted by Crippen LogP contribution is 2.06. The molecule has 0 atom stereocenters. The van der Waals surface area contributed by atoms with Gasteiger partial charge in [0.15, 0.2) is 0 Å². The first-order valence-electron chi connectivity index (χ1n) is 5.12. The Kier molecular flexibility index (Phi) is 3.05. The van der Waals surface area contributed by atoms with Gasteiger partial charge in [-0.1, -0.05) is 29.8 Å². The molecule has 1 aromatic carbocycles. The molecule has 0 unspecified atom stereocenters. The summed E-state index contributed by atoms with van der Waals surface area (Å²) in [6, 6.07) is 11.4. The number of carbonyl (C=O) groups excluding carboxylic acids is 1. The van der Waals surface area contributed by atoms with Gasteiger partial charge in [0.25, 0.3) is 0 Å². The fourth-order valence-corrected chi connectivity index (χ4v) is 1.37. The van der Waals surface area contributed by atoms with Gasteiger partial charge < -0.3 is 9.72 Å².